The molecule has 0 saturated heterocycles. The molecule has 0 heterocycles. The van der Waals surface area contributed by atoms with Gasteiger partial charge in [-0.2, -0.15) is 0 Å². The quantitative estimate of drug-likeness (QED) is 0.263. The number of rotatable bonds is 0. The van der Waals surface area contributed by atoms with Crippen LogP contribution in [0.5, 0.6) is 0 Å². The van der Waals surface area contributed by atoms with E-state index in [1.54, 1.807) is 4.91 Å². The van der Waals surface area contributed by atoms with E-state index in [-0.39, 0.29) is 56.9 Å². The normalized spacial score (nSPS) is 1.60. The minimum atomic E-state index is 0. The number of hydrogen-bond acceptors (Lipinski definition) is 1. The monoisotopic (exact) mass is 277 g/mol. The van der Waals surface area contributed by atoms with Crippen molar-refractivity contribution in [1.82, 2.24) is 0 Å². The van der Waals surface area contributed by atoms with Gasteiger partial charge in [-0.25, -0.2) is 0 Å². The van der Waals surface area contributed by atoms with Crippen LogP contribution >= 0.6 is 0 Å². The van der Waals surface area contributed by atoms with Gasteiger partial charge in [-0.3, -0.25) is 0 Å². The summed E-state index contributed by atoms with van der Waals surface area (Å²) in [6.45, 7) is 0. The summed E-state index contributed by atoms with van der Waals surface area (Å²) < 4.78 is 0. The average Bonchev–Trinajstić information content (AvgIpc) is 0.918. The molecule has 0 aromatic carbocycles. The molecule has 5 heavy (non-hydrogen) atoms. The van der Waals surface area contributed by atoms with Crippen molar-refractivity contribution in [3.63, 3.8) is 0 Å². The Hall–Kier alpha value is 1.23. The van der Waals surface area contributed by atoms with Crippen molar-refractivity contribution in [3.8, 4) is 0 Å². The number of hydrogen-bond donors (Lipinski definition) is 1. The first-order valence-corrected chi connectivity index (χ1v) is 0.424. The SMILES string of the molecule is [N-]=[N+]=N.[NaH].[PbH2]. The van der Waals surface area contributed by atoms with Crippen molar-refractivity contribution in [1.29, 1.82) is 5.53 Å². The van der Waals surface area contributed by atoms with Gasteiger partial charge in [-0.05, 0) is 10.4 Å². The van der Waals surface area contributed by atoms with Crippen molar-refractivity contribution in [2.45, 2.75) is 0 Å². The minimum absolute atomic E-state index is 0. The maximum atomic E-state index is 6.86. The van der Waals surface area contributed by atoms with E-state index in [2.05, 4.69) is 0 Å². The first-order valence-electron chi connectivity index (χ1n) is 0.424. The molecule has 0 aliphatic carbocycles. The second-order valence-electron chi connectivity index (χ2n) is 0.100. The van der Waals surface area contributed by atoms with E-state index < -0.39 is 0 Å². The molecule has 0 saturated carbocycles. The van der Waals surface area contributed by atoms with Crippen molar-refractivity contribution in [2.75, 3.05) is 0 Å². The van der Waals surface area contributed by atoms with Crippen molar-refractivity contribution in [3.05, 3.63) is 10.4 Å². The molecule has 0 aromatic rings. The molecule has 2 radical (unpaired) electrons. The molecule has 0 spiro atoms. The summed E-state index contributed by atoms with van der Waals surface area (Å²) in [5.41, 5.74) is 12.2. The van der Waals surface area contributed by atoms with Crippen LogP contribution in [0.4, 0.5) is 0 Å². The van der Waals surface area contributed by atoms with Gasteiger partial charge in [0.05, 0.1) is 0 Å². The molecule has 0 atom stereocenters. The summed E-state index contributed by atoms with van der Waals surface area (Å²) in [5.74, 6) is 0. The molecular formula is H4N3NaPb. The van der Waals surface area contributed by atoms with Crippen molar-refractivity contribution >= 4 is 56.9 Å². The topological polar surface area (TPSA) is 60.3 Å². The van der Waals surface area contributed by atoms with Gasteiger partial charge in [0.1, 0.15) is 0 Å². The fourth-order valence-corrected chi connectivity index (χ4v) is 0. The fraction of sp³-hybridized carbons (Fsp3) is 0. The van der Waals surface area contributed by atoms with E-state index in [0.717, 1.165) is 0 Å². The van der Waals surface area contributed by atoms with Crippen molar-refractivity contribution in [2.24, 2.45) is 0 Å². The van der Waals surface area contributed by atoms with E-state index >= 15 is 0 Å². The molecule has 0 unspecified atom stereocenters. The third kappa shape index (κ3) is 36.0. The molecule has 0 rings (SSSR count). The Morgan fingerprint density at radius 3 is 1.60 bits per heavy atom. The Balaban J connectivity index is -0.0000000200. The predicted octanol–water partition coefficient (Wildman–Crippen LogP) is -0.689. The zero-order valence-electron chi connectivity index (χ0n) is 2.10. The first kappa shape index (κ1) is 16.3. The second-order valence-corrected chi connectivity index (χ2v) is 0.100. The summed E-state index contributed by atoms with van der Waals surface area (Å²) in [6.07, 6.45) is 0. The Kier molecular flexibility index (Phi) is 61.4. The van der Waals surface area contributed by atoms with Crippen LogP contribution in [-0.2, 0) is 0 Å². The number of nitrogens with zero attached hydrogens (tertiary/aromatic N) is 2. The molecule has 0 aromatic heterocycles. The first-order chi connectivity index (χ1) is 1.41. The van der Waals surface area contributed by atoms with Gasteiger partial charge in [-0.1, -0.05) is 0 Å². The van der Waals surface area contributed by atoms with Crippen LogP contribution < -0.4 is 0 Å². The predicted molar refractivity (Wildman–Crippen MR) is 25.1 cm³/mol. The van der Waals surface area contributed by atoms with Gasteiger partial charge in [0.2, 0.25) is 0 Å². The molecule has 1 N–H and O–H groups in total. The summed E-state index contributed by atoms with van der Waals surface area (Å²) >= 11 is 0. The van der Waals surface area contributed by atoms with Crippen LogP contribution in [0.1, 0.15) is 0 Å². The molecule has 0 amide bonds. The Morgan fingerprint density at radius 1 is 1.60 bits per heavy atom. The third-order valence-corrected chi connectivity index (χ3v) is 0. The maximum absolute atomic E-state index is 6.86. The van der Waals surface area contributed by atoms with Gasteiger partial charge in [0, 0.05) is 0 Å². The fourth-order valence-electron chi connectivity index (χ4n) is 0. The average molecular weight is 276 g/mol. The zero-order valence-corrected chi connectivity index (χ0v) is 7.60. The molecule has 0 fully saturated rings. The Bertz CT molecular complexity index is 27.9. The molecule has 0 aliphatic rings. The van der Waals surface area contributed by atoms with Crippen LogP contribution in [0.2, 0.25) is 0 Å². The van der Waals surface area contributed by atoms with Gasteiger partial charge in [-0.15, -0.1) is 5.53 Å². The van der Waals surface area contributed by atoms with E-state index in [1.165, 1.54) is 0 Å². The standard InChI is InChI=1S/HN3.Na.Pb.3H/c1-3-2;;;;;/h1H;;;;;. The van der Waals surface area contributed by atoms with Crippen molar-refractivity contribution < 1.29 is 0 Å². The molecule has 0 bridgehead atoms. The van der Waals surface area contributed by atoms with E-state index in [0.29, 0.717) is 0 Å². The van der Waals surface area contributed by atoms with E-state index in [1.807, 2.05) is 0 Å². The van der Waals surface area contributed by atoms with Crippen LogP contribution in [0.3, 0.4) is 0 Å². The van der Waals surface area contributed by atoms with Crippen LogP contribution in [0.15, 0.2) is 0 Å². The molecule has 24 valence electrons. The van der Waals surface area contributed by atoms with Gasteiger partial charge >= 0.3 is 56.9 Å². The van der Waals surface area contributed by atoms with E-state index in [4.69, 9.17) is 11.1 Å². The Morgan fingerprint density at radius 2 is 1.60 bits per heavy atom. The second kappa shape index (κ2) is 18.8. The molecule has 0 aliphatic heterocycles. The van der Waals surface area contributed by atoms with Gasteiger partial charge in [0.25, 0.3) is 0 Å². The van der Waals surface area contributed by atoms with Gasteiger partial charge in [0.15, 0.2) is 0 Å². The molecular weight excluding hydrogens is 272 g/mol. The summed E-state index contributed by atoms with van der Waals surface area (Å²) in [7, 11) is 0. The van der Waals surface area contributed by atoms with Crippen LogP contribution in [-0.4, -0.2) is 56.9 Å². The summed E-state index contributed by atoms with van der Waals surface area (Å²) in [5, 5.41) is 0. The van der Waals surface area contributed by atoms with Crippen LogP contribution in [0, 0.1) is 5.53 Å². The molecule has 5 heteroatoms. The third-order valence-electron chi connectivity index (χ3n) is 0. The van der Waals surface area contributed by atoms with Gasteiger partial charge < -0.3 is 0 Å². The Labute approximate surface area is 72.0 Å². The zero-order chi connectivity index (χ0) is 2.71. The molecule has 3 nitrogen and oxygen atoms in total. The van der Waals surface area contributed by atoms with Crippen LogP contribution in [0.25, 0.3) is 10.4 Å². The summed E-state index contributed by atoms with van der Waals surface area (Å²) in [4.78, 5) is 1.75. The number of nitrogens with one attached hydrogen (secondary N) is 1. The van der Waals surface area contributed by atoms with E-state index in [9.17, 15) is 0 Å². The summed E-state index contributed by atoms with van der Waals surface area (Å²) in [6, 6.07) is 0.